The van der Waals surface area contributed by atoms with E-state index in [-0.39, 0.29) is 29.8 Å². The zero-order valence-electron chi connectivity index (χ0n) is 11.9. The molecule has 0 aromatic heterocycles. The van der Waals surface area contributed by atoms with Gasteiger partial charge < -0.3 is 15.5 Å². The van der Waals surface area contributed by atoms with Crippen molar-refractivity contribution in [2.75, 3.05) is 0 Å². The number of nitrogens with one attached hydrogen (secondary N) is 1. The van der Waals surface area contributed by atoms with Crippen LogP contribution in [0, 0.1) is 0 Å². The lowest BCUT2D eigenvalue weighted by Crippen LogP contribution is -2.21. The summed E-state index contributed by atoms with van der Waals surface area (Å²) in [4.78, 5) is 10.6. The van der Waals surface area contributed by atoms with Gasteiger partial charge in [0.15, 0.2) is 0 Å². The number of aliphatic hydroxyl groups excluding tert-OH is 1. The summed E-state index contributed by atoms with van der Waals surface area (Å²) < 4.78 is 39.9. The molecule has 0 saturated carbocycles. The van der Waals surface area contributed by atoms with Crippen molar-refractivity contribution in [1.82, 2.24) is 5.32 Å². The Hall–Kier alpha value is -2.54. The van der Waals surface area contributed by atoms with Crippen LogP contribution in [0.4, 0.5) is 18.0 Å². The van der Waals surface area contributed by atoms with Gasteiger partial charge in [-0.15, -0.1) is 0 Å². The van der Waals surface area contributed by atoms with E-state index in [4.69, 9.17) is 5.11 Å². The lowest BCUT2D eigenvalue weighted by molar-refractivity contribution is -0.137. The smallest absolute Gasteiger partial charge is 0.417 e. The van der Waals surface area contributed by atoms with Crippen LogP contribution < -0.4 is 5.32 Å². The van der Waals surface area contributed by atoms with Crippen molar-refractivity contribution in [3.63, 3.8) is 0 Å². The highest BCUT2D eigenvalue weighted by atomic mass is 19.4. The Labute approximate surface area is 130 Å². The van der Waals surface area contributed by atoms with Crippen LogP contribution in [0.15, 0.2) is 42.5 Å². The normalized spacial score (nSPS) is 11.3. The number of hydrogen-bond acceptors (Lipinski definition) is 2. The Balaban J connectivity index is 2.62. The van der Waals surface area contributed by atoms with Gasteiger partial charge in [0.05, 0.1) is 12.2 Å². The molecule has 0 bridgehead atoms. The SMILES string of the molecule is O=C(O)NCc1cccc(C(F)(F)F)c1-c1cccc(CO)c1. The standard InChI is InChI=1S/C16H14F3NO3/c17-16(18,19)13-6-2-5-12(8-20-15(22)23)14(13)11-4-1-3-10(7-11)9-21/h1-7,20-21H,8-9H2,(H,22,23). The first-order chi connectivity index (χ1) is 10.8. The largest absolute Gasteiger partial charge is 0.465 e. The van der Waals surface area contributed by atoms with E-state index in [2.05, 4.69) is 5.32 Å². The molecule has 0 heterocycles. The van der Waals surface area contributed by atoms with E-state index in [1.165, 1.54) is 24.3 Å². The highest BCUT2D eigenvalue weighted by Gasteiger charge is 2.34. The van der Waals surface area contributed by atoms with Crippen molar-refractivity contribution in [2.45, 2.75) is 19.3 Å². The van der Waals surface area contributed by atoms with Gasteiger partial charge in [-0.2, -0.15) is 13.2 Å². The number of alkyl halides is 3. The Kier molecular flexibility index (Phi) is 4.90. The lowest BCUT2D eigenvalue weighted by atomic mass is 9.93. The molecule has 0 aliphatic carbocycles. The molecule has 0 radical (unpaired) electrons. The molecule has 0 saturated heterocycles. The van der Waals surface area contributed by atoms with E-state index in [0.717, 1.165) is 6.07 Å². The van der Waals surface area contributed by atoms with Crippen molar-refractivity contribution in [3.8, 4) is 11.1 Å². The zero-order valence-corrected chi connectivity index (χ0v) is 11.9. The summed E-state index contributed by atoms with van der Waals surface area (Å²) in [5, 5.41) is 19.9. The summed E-state index contributed by atoms with van der Waals surface area (Å²) in [5.41, 5.74) is 0.00179. The average Bonchev–Trinajstić information content (AvgIpc) is 2.51. The minimum Gasteiger partial charge on any atom is -0.465 e. The van der Waals surface area contributed by atoms with Gasteiger partial charge in [0.1, 0.15) is 0 Å². The van der Waals surface area contributed by atoms with Gasteiger partial charge in [-0.25, -0.2) is 4.79 Å². The number of halogens is 3. The number of carboxylic acid groups (broad SMARTS) is 1. The molecule has 4 nitrogen and oxygen atoms in total. The maximum atomic E-state index is 13.3. The molecule has 0 unspecified atom stereocenters. The quantitative estimate of drug-likeness (QED) is 0.804. The van der Waals surface area contributed by atoms with Crippen LogP contribution in [0.25, 0.3) is 11.1 Å². The summed E-state index contributed by atoms with van der Waals surface area (Å²) in [6, 6.07) is 9.71. The second-order valence-corrected chi connectivity index (χ2v) is 4.85. The van der Waals surface area contributed by atoms with Gasteiger partial charge in [-0.1, -0.05) is 30.3 Å². The van der Waals surface area contributed by atoms with E-state index in [9.17, 15) is 23.1 Å². The molecule has 1 amide bonds. The van der Waals surface area contributed by atoms with Gasteiger partial charge in [0, 0.05) is 6.54 Å². The average molecular weight is 325 g/mol. The van der Waals surface area contributed by atoms with Crippen molar-refractivity contribution in [3.05, 3.63) is 59.2 Å². The lowest BCUT2D eigenvalue weighted by Gasteiger charge is -2.18. The fourth-order valence-electron chi connectivity index (χ4n) is 2.32. The van der Waals surface area contributed by atoms with Gasteiger partial charge in [0.25, 0.3) is 0 Å². The predicted molar refractivity (Wildman–Crippen MR) is 77.7 cm³/mol. The maximum absolute atomic E-state index is 13.3. The summed E-state index contributed by atoms with van der Waals surface area (Å²) >= 11 is 0. The Morgan fingerprint density at radius 2 is 1.83 bits per heavy atom. The number of hydrogen-bond donors (Lipinski definition) is 3. The van der Waals surface area contributed by atoms with Gasteiger partial charge >= 0.3 is 12.3 Å². The molecular formula is C16H14F3NO3. The first-order valence-electron chi connectivity index (χ1n) is 6.69. The summed E-state index contributed by atoms with van der Waals surface area (Å²) in [7, 11) is 0. The summed E-state index contributed by atoms with van der Waals surface area (Å²) in [6.07, 6.45) is -5.90. The second-order valence-electron chi connectivity index (χ2n) is 4.85. The highest BCUT2D eigenvalue weighted by Crippen LogP contribution is 2.39. The zero-order chi connectivity index (χ0) is 17.0. The first-order valence-corrected chi connectivity index (χ1v) is 6.69. The van der Waals surface area contributed by atoms with Gasteiger partial charge in [0.2, 0.25) is 0 Å². The highest BCUT2D eigenvalue weighted by molar-refractivity contribution is 5.73. The predicted octanol–water partition coefficient (Wildman–Crippen LogP) is 3.63. The van der Waals surface area contributed by atoms with Crippen LogP contribution in [-0.2, 0) is 19.3 Å². The molecule has 2 aromatic carbocycles. The van der Waals surface area contributed by atoms with E-state index in [1.54, 1.807) is 12.1 Å². The number of aliphatic hydroxyl groups is 1. The van der Waals surface area contributed by atoms with Crippen LogP contribution in [0.3, 0.4) is 0 Å². The molecule has 2 rings (SSSR count). The third-order valence-electron chi connectivity index (χ3n) is 3.28. The monoisotopic (exact) mass is 325 g/mol. The second kappa shape index (κ2) is 6.70. The summed E-state index contributed by atoms with van der Waals surface area (Å²) in [6.45, 7) is -0.553. The van der Waals surface area contributed by atoms with Crippen molar-refractivity contribution in [1.29, 1.82) is 0 Å². The summed E-state index contributed by atoms with van der Waals surface area (Å²) in [5.74, 6) is 0. The molecule has 122 valence electrons. The molecule has 0 atom stereocenters. The third-order valence-corrected chi connectivity index (χ3v) is 3.28. The Bertz CT molecular complexity index is 714. The first kappa shape index (κ1) is 16.8. The number of benzene rings is 2. The molecule has 0 aliphatic heterocycles. The van der Waals surface area contributed by atoms with Crippen LogP contribution in [-0.4, -0.2) is 16.3 Å². The van der Waals surface area contributed by atoms with E-state index in [1.807, 2.05) is 0 Å². The van der Waals surface area contributed by atoms with Crippen LogP contribution in [0.2, 0.25) is 0 Å². The molecule has 0 fully saturated rings. The maximum Gasteiger partial charge on any atom is 0.417 e. The molecule has 7 heteroatoms. The van der Waals surface area contributed by atoms with Crippen molar-refractivity contribution < 1.29 is 28.2 Å². The van der Waals surface area contributed by atoms with Crippen LogP contribution in [0.5, 0.6) is 0 Å². The Morgan fingerprint density at radius 1 is 1.13 bits per heavy atom. The van der Waals surface area contributed by atoms with E-state index < -0.39 is 17.8 Å². The number of rotatable bonds is 4. The van der Waals surface area contributed by atoms with E-state index >= 15 is 0 Å². The molecular weight excluding hydrogens is 311 g/mol. The minimum atomic E-state index is -4.58. The van der Waals surface area contributed by atoms with E-state index in [0.29, 0.717) is 5.56 Å². The van der Waals surface area contributed by atoms with Crippen molar-refractivity contribution >= 4 is 6.09 Å². The number of amides is 1. The molecule has 2 aromatic rings. The fraction of sp³-hybridized carbons (Fsp3) is 0.188. The molecule has 0 aliphatic rings. The minimum absolute atomic E-state index is 0.0935. The third kappa shape index (κ3) is 4.01. The molecule has 3 N–H and O–H groups in total. The van der Waals surface area contributed by atoms with Crippen LogP contribution >= 0.6 is 0 Å². The molecule has 0 spiro atoms. The fourth-order valence-corrected chi connectivity index (χ4v) is 2.32. The van der Waals surface area contributed by atoms with Gasteiger partial charge in [-0.3, -0.25) is 0 Å². The van der Waals surface area contributed by atoms with Gasteiger partial charge in [-0.05, 0) is 34.4 Å². The number of carbonyl (C=O) groups is 1. The molecule has 23 heavy (non-hydrogen) atoms. The Morgan fingerprint density at radius 3 is 2.43 bits per heavy atom. The van der Waals surface area contributed by atoms with Crippen LogP contribution in [0.1, 0.15) is 16.7 Å². The van der Waals surface area contributed by atoms with Crippen molar-refractivity contribution in [2.24, 2.45) is 0 Å². The topological polar surface area (TPSA) is 69.6 Å².